The maximum absolute atomic E-state index is 5.79. The molecule has 0 aliphatic carbocycles. The highest BCUT2D eigenvalue weighted by Crippen LogP contribution is 2.14. The summed E-state index contributed by atoms with van der Waals surface area (Å²) in [4.78, 5) is 0. The summed E-state index contributed by atoms with van der Waals surface area (Å²) in [5, 5.41) is 0. The minimum atomic E-state index is -0.933. The minimum absolute atomic E-state index is 0.924. The Bertz CT molecular complexity index is 71.3. The predicted octanol–water partition coefficient (Wildman–Crippen LogP) is 3.27. The van der Waals surface area contributed by atoms with E-state index in [0.717, 1.165) is 5.50 Å². The lowest BCUT2D eigenvalue weighted by Gasteiger charge is -2.17. The van der Waals surface area contributed by atoms with E-state index in [2.05, 4.69) is 20.0 Å². The van der Waals surface area contributed by atoms with Gasteiger partial charge in [0.2, 0.25) is 0 Å². The molecule has 0 aliphatic rings. The van der Waals surface area contributed by atoms with E-state index in [4.69, 9.17) is 11.6 Å². The van der Waals surface area contributed by atoms with Gasteiger partial charge in [-0.2, -0.15) is 0 Å². The van der Waals surface area contributed by atoms with Crippen molar-refractivity contribution >= 4 is 19.7 Å². The molecule has 0 aliphatic heterocycles. The molecule has 0 aromatic rings. The van der Waals surface area contributed by atoms with Crippen molar-refractivity contribution < 1.29 is 0 Å². The Labute approximate surface area is 64.6 Å². The Morgan fingerprint density at radius 2 is 1.89 bits per heavy atom. The molecule has 0 spiro atoms. The molecule has 0 nitrogen and oxygen atoms in total. The third-order valence-electron chi connectivity index (χ3n) is 1.57. The van der Waals surface area contributed by atoms with Gasteiger partial charge < -0.3 is 0 Å². The second-order valence-electron chi connectivity index (χ2n) is 3.40. The van der Waals surface area contributed by atoms with Gasteiger partial charge in [-0.05, 0) is 0 Å². The number of hydrogen-bond acceptors (Lipinski definition) is 0. The second-order valence-corrected chi connectivity index (χ2v) is 9.30. The third kappa shape index (κ3) is 4.98. The summed E-state index contributed by atoms with van der Waals surface area (Å²) in [7, 11) is -0.933. The van der Waals surface area contributed by atoms with Gasteiger partial charge in [0.05, 0.1) is 8.07 Å². The molecule has 56 valence electrons. The van der Waals surface area contributed by atoms with E-state index in [0.29, 0.717) is 0 Å². The highest BCUT2D eigenvalue weighted by atomic mass is 35.5. The van der Waals surface area contributed by atoms with Crippen LogP contribution in [0.3, 0.4) is 0 Å². The third-order valence-corrected chi connectivity index (χ3v) is 6.17. The molecule has 0 heterocycles. The minimum Gasteiger partial charge on any atom is -0.130 e. The lowest BCUT2D eigenvalue weighted by atomic mass is 10.4. The number of unbranched alkanes of at least 4 members (excludes halogenated alkanes) is 1. The van der Waals surface area contributed by atoms with Crippen LogP contribution in [-0.4, -0.2) is 13.6 Å². The molecule has 9 heavy (non-hydrogen) atoms. The Morgan fingerprint density at radius 1 is 1.33 bits per heavy atom. The maximum Gasteiger partial charge on any atom is 0.0639 e. The normalized spacial score (nSPS) is 12.0. The van der Waals surface area contributed by atoms with E-state index in [1.807, 2.05) is 0 Å². The number of hydrogen-bond donors (Lipinski definition) is 0. The lowest BCUT2D eigenvalue weighted by Crippen LogP contribution is -2.27. The van der Waals surface area contributed by atoms with Gasteiger partial charge in [-0.25, -0.2) is 0 Å². The number of rotatable bonds is 4. The fourth-order valence-electron chi connectivity index (χ4n) is 0.722. The molecule has 0 unspecified atom stereocenters. The van der Waals surface area contributed by atoms with Gasteiger partial charge in [-0.1, -0.05) is 38.9 Å². The summed E-state index contributed by atoms with van der Waals surface area (Å²) in [5.41, 5.74) is 0.924. The van der Waals surface area contributed by atoms with E-state index >= 15 is 0 Å². The average Bonchev–Trinajstić information content (AvgIpc) is 1.84. The van der Waals surface area contributed by atoms with Crippen LogP contribution in [0.2, 0.25) is 19.1 Å². The van der Waals surface area contributed by atoms with Gasteiger partial charge in [0, 0.05) is 5.50 Å². The molecule has 0 saturated heterocycles. The van der Waals surface area contributed by atoms with Crippen LogP contribution in [0.5, 0.6) is 0 Å². The van der Waals surface area contributed by atoms with Crippen molar-refractivity contribution in [3.63, 3.8) is 0 Å². The molecule has 0 bridgehead atoms. The van der Waals surface area contributed by atoms with Crippen LogP contribution in [-0.2, 0) is 0 Å². The van der Waals surface area contributed by atoms with Gasteiger partial charge in [-0.3, -0.25) is 0 Å². The summed E-state index contributed by atoms with van der Waals surface area (Å²) < 4.78 is 0. The Morgan fingerprint density at radius 3 is 2.22 bits per heavy atom. The molecule has 0 aromatic heterocycles. The van der Waals surface area contributed by atoms with Gasteiger partial charge in [-0.15, -0.1) is 11.6 Å². The smallest absolute Gasteiger partial charge is 0.0639 e. The van der Waals surface area contributed by atoms with E-state index in [1.165, 1.54) is 18.9 Å². The van der Waals surface area contributed by atoms with Gasteiger partial charge >= 0.3 is 0 Å². The standard InChI is InChI=1S/C7H17ClSi/c1-4-5-6-9(2,3)7-8/h4-7H2,1-3H3. The summed E-state index contributed by atoms with van der Waals surface area (Å²) in [6.45, 7) is 6.95. The van der Waals surface area contributed by atoms with E-state index in [9.17, 15) is 0 Å². The first-order valence-corrected chi connectivity index (χ1v) is 7.63. The Balaban J connectivity index is 3.33. The molecule has 0 amide bonds. The predicted molar refractivity (Wildman–Crippen MR) is 47.9 cm³/mol. The fraction of sp³-hybridized carbons (Fsp3) is 1.00. The van der Waals surface area contributed by atoms with Crippen molar-refractivity contribution in [2.24, 2.45) is 0 Å². The molecule has 0 atom stereocenters. The zero-order valence-electron chi connectivity index (χ0n) is 6.71. The summed E-state index contributed by atoms with van der Waals surface area (Å²) in [6, 6.07) is 1.40. The molecule has 0 N–H and O–H groups in total. The van der Waals surface area contributed by atoms with Crippen molar-refractivity contribution in [1.82, 2.24) is 0 Å². The van der Waals surface area contributed by atoms with E-state index in [-0.39, 0.29) is 0 Å². The van der Waals surface area contributed by atoms with E-state index in [1.54, 1.807) is 0 Å². The van der Waals surface area contributed by atoms with Gasteiger partial charge in [0.15, 0.2) is 0 Å². The largest absolute Gasteiger partial charge is 0.130 e. The summed E-state index contributed by atoms with van der Waals surface area (Å²) >= 11 is 5.79. The first-order chi connectivity index (χ1) is 4.12. The van der Waals surface area contributed by atoms with Crippen LogP contribution in [0.15, 0.2) is 0 Å². The highest BCUT2D eigenvalue weighted by Gasteiger charge is 2.17. The molecule has 0 saturated carbocycles. The molecular formula is C7H17ClSi. The van der Waals surface area contributed by atoms with Crippen LogP contribution in [0.25, 0.3) is 0 Å². The second kappa shape index (κ2) is 4.34. The highest BCUT2D eigenvalue weighted by molar-refractivity contribution is 6.83. The zero-order valence-corrected chi connectivity index (χ0v) is 8.46. The van der Waals surface area contributed by atoms with Crippen molar-refractivity contribution in [1.29, 1.82) is 0 Å². The van der Waals surface area contributed by atoms with Gasteiger partial charge in [0.25, 0.3) is 0 Å². The molecule has 0 fully saturated rings. The van der Waals surface area contributed by atoms with Gasteiger partial charge in [0.1, 0.15) is 0 Å². The first-order valence-electron chi connectivity index (χ1n) is 3.68. The topological polar surface area (TPSA) is 0 Å². The van der Waals surface area contributed by atoms with Crippen LogP contribution in [0.1, 0.15) is 19.8 Å². The zero-order chi connectivity index (χ0) is 7.33. The Hall–Kier alpha value is 0.507. The van der Waals surface area contributed by atoms with Crippen LogP contribution in [0, 0.1) is 0 Å². The fourth-order valence-corrected chi connectivity index (χ4v) is 2.57. The molecule has 0 radical (unpaired) electrons. The van der Waals surface area contributed by atoms with Crippen molar-refractivity contribution in [3.8, 4) is 0 Å². The molecule has 0 rings (SSSR count). The van der Waals surface area contributed by atoms with Crippen molar-refractivity contribution in [2.45, 2.75) is 38.9 Å². The SMILES string of the molecule is CCCC[Si](C)(C)CCl. The first kappa shape index (κ1) is 9.51. The summed E-state index contributed by atoms with van der Waals surface area (Å²) in [6.07, 6.45) is 2.68. The van der Waals surface area contributed by atoms with Crippen LogP contribution < -0.4 is 0 Å². The Kier molecular flexibility index (Phi) is 4.59. The quantitative estimate of drug-likeness (QED) is 0.442. The molecule has 2 heteroatoms. The monoisotopic (exact) mass is 164 g/mol. The maximum atomic E-state index is 5.79. The van der Waals surface area contributed by atoms with E-state index < -0.39 is 8.07 Å². The number of alkyl halides is 1. The average molecular weight is 165 g/mol. The summed E-state index contributed by atoms with van der Waals surface area (Å²) in [5.74, 6) is 0. The van der Waals surface area contributed by atoms with Crippen LogP contribution >= 0.6 is 11.6 Å². The number of halogens is 1. The molecular weight excluding hydrogens is 148 g/mol. The van der Waals surface area contributed by atoms with Crippen molar-refractivity contribution in [3.05, 3.63) is 0 Å². The molecule has 0 aromatic carbocycles. The lowest BCUT2D eigenvalue weighted by molar-refractivity contribution is 0.868. The van der Waals surface area contributed by atoms with Crippen LogP contribution in [0.4, 0.5) is 0 Å². The van der Waals surface area contributed by atoms with Crippen molar-refractivity contribution in [2.75, 3.05) is 5.50 Å².